The van der Waals surface area contributed by atoms with Crippen LogP contribution in [0.3, 0.4) is 0 Å². The van der Waals surface area contributed by atoms with E-state index in [0.717, 1.165) is 21.9 Å². The lowest BCUT2D eigenvalue weighted by molar-refractivity contribution is 0.0951. The summed E-state index contributed by atoms with van der Waals surface area (Å²) in [5, 5.41) is 11.8. The molecule has 0 fully saturated rings. The molecule has 0 bridgehead atoms. The Hall–Kier alpha value is -3.10. The number of carbonyl (C=O) groups is 1. The van der Waals surface area contributed by atoms with Crippen molar-refractivity contribution in [2.24, 2.45) is 0 Å². The van der Waals surface area contributed by atoms with Gasteiger partial charge in [0.1, 0.15) is 0 Å². The second-order valence-electron chi connectivity index (χ2n) is 5.92. The van der Waals surface area contributed by atoms with Crippen molar-refractivity contribution in [1.82, 2.24) is 10.3 Å². The molecule has 2 aromatic carbocycles. The number of nitriles is 1. The standard InChI is InChI=1S/C22H19N3OS/c23-15-17-8-10-18(11-9-17)16-27-21-7-2-1-6-20(21)22(26)25-14-12-19-5-3-4-13-24-19/h1-11,13H,12,14,16H2,(H,25,26). The number of hydrogen-bond acceptors (Lipinski definition) is 4. The number of benzene rings is 2. The van der Waals surface area contributed by atoms with Gasteiger partial charge in [-0.15, -0.1) is 11.8 Å². The summed E-state index contributed by atoms with van der Waals surface area (Å²) in [7, 11) is 0. The number of amides is 1. The Morgan fingerprint density at radius 1 is 1.04 bits per heavy atom. The quantitative estimate of drug-likeness (QED) is 0.630. The van der Waals surface area contributed by atoms with Gasteiger partial charge >= 0.3 is 0 Å². The van der Waals surface area contributed by atoms with Crippen molar-refractivity contribution in [3.05, 3.63) is 95.3 Å². The Labute approximate surface area is 163 Å². The molecule has 27 heavy (non-hydrogen) atoms. The highest BCUT2D eigenvalue weighted by molar-refractivity contribution is 7.98. The zero-order chi connectivity index (χ0) is 18.9. The third kappa shape index (κ3) is 5.44. The fourth-order valence-electron chi connectivity index (χ4n) is 2.56. The van der Waals surface area contributed by atoms with E-state index in [0.29, 0.717) is 24.1 Å². The Balaban J connectivity index is 1.59. The molecule has 0 aliphatic heterocycles. The van der Waals surface area contributed by atoms with E-state index in [4.69, 9.17) is 5.26 Å². The molecule has 1 N–H and O–H groups in total. The van der Waals surface area contributed by atoms with Crippen LogP contribution < -0.4 is 5.32 Å². The highest BCUT2D eigenvalue weighted by Crippen LogP contribution is 2.26. The number of thioether (sulfide) groups is 1. The normalized spacial score (nSPS) is 10.2. The van der Waals surface area contributed by atoms with E-state index in [1.54, 1.807) is 18.0 Å². The number of aromatic nitrogens is 1. The van der Waals surface area contributed by atoms with Gasteiger partial charge in [0.05, 0.1) is 17.2 Å². The predicted molar refractivity (Wildman–Crippen MR) is 107 cm³/mol. The summed E-state index contributed by atoms with van der Waals surface area (Å²) in [5.74, 6) is 0.665. The summed E-state index contributed by atoms with van der Waals surface area (Å²) in [6.07, 6.45) is 2.46. The summed E-state index contributed by atoms with van der Waals surface area (Å²) in [6.45, 7) is 0.546. The average Bonchev–Trinajstić information content (AvgIpc) is 2.73. The molecule has 0 spiro atoms. The maximum Gasteiger partial charge on any atom is 0.252 e. The van der Waals surface area contributed by atoms with Gasteiger partial charge in [0.25, 0.3) is 5.91 Å². The van der Waals surface area contributed by atoms with E-state index in [1.165, 1.54) is 0 Å². The first-order chi connectivity index (χ1) is 13.3. The van der Waals surface area contributed by atoms with Crippen LogP contribution in [0.4, 0.5) is 0 Å². The van der Waals surface area contributed by atoms with Gasteiger partial charge < -0.3 is 5.32 Å². The van der Waals surface area contributed by atoms with Crippen molar-refractivity contribution >= 4 is 17.7 Å². The highest BCUT2D eigenvalue weighted by Gasteiger charge is 2.11. The minimum Gasteiger partial charge on any atom is -0.352 e. The van der Waals surface area contributed by atoms with Gasteiger partial charge in [-0.3, -0.25) is 9.78 Å². The van der Waals surface area contributed by atoms with E-state index < -0.39 is 0 Å². The summed E-state index contributed by atoms with van der Waals surface area (Å²) < 4.78 is 0. The Morgan fingerprint density at radius 2 is 1.81 bits per heavy atom. The molecule has 1 heterocycles. The largest absolute Gasteiger partial charge is 0.352 e. The lowest BCUT2D eigenvalue weighted by atomic mass is 10.2. The van der Waals surface area contributed by atoms with Gasteiger partial charge in [-0.1, -0.05) is 30.3 Å². The van der Waals surface area contributed by atoms with Gasteiger partial charge in [-0.2, -0.15) is 5.26 Å². The van der Waals surface area contributed by atoms with E-state index >= 15 is 0 Å². The van der Waals surface area contributed by atoms with Crippen molar-refractivity contribution in [3.63, 3.8) is 0 Å². The minimum absolute atomic E-state index is 0.0751. The van der Waals surface area contributed by atoms with Gasteiger partial charge in [-0.25, -0.2) is 0 Å². The first-order valence-electron chi connectivity index (χ1n) is 8.65. The van der Waals surface area contributed by atoms with Gasteiger partial charge in [0, 0.05) is 35.5 Å². The SMILES string of the molecule is N#Cc1ccc(CSc2ccccc2C(=O)NCCc2ccccn2)cc1. The number of pyridine rings is 1. The second-order valence-corrected chi connectivity index (χ2v) is 6.94. The zero-order valence-corrected chi connectivity index (χ0v) is 15.6. The van der Waals surface area contributed by atoms with Crippen molar-refractivity contribution in [2.45, 2.75) is 17.1 Å². The number of carbonyl (C=O) groups excluding carboxylic acids is 1. The van der Waals surface area contributed by atoms with Crippen molar-refractivity contribution in [3.8, 4) is 6.07 Å². The Bertz CT molecular complexity index is 934. The summed E-state index contributed by atoms with van der Waals surface area (Å²) >= 11 is 1.62. The van der Waals surface area contributed by atoms with Crippen LogP contribution >= 0.6 is 11.8 Å². The van der Waals surface area contributed by atoms with E-state index in [9.17, 15) is 4.79 Å². The molecule has 0 unspecified atom stereocenters. The molecule has 4 nitrogen and oxygen atoms in total. The molecule has 0 saturated heterocycles. The monoisotopic (exact) mass is 373 g/mol. The maximum absolute atomic E-state index is 12.6. The number of rotatable bonds is 7. The molecular weight excluding hydrogens is 354 g/mol. The summed E-state index contributed by atoms with van der Waals surface area (Å²) in [4.78, 5) is 17.8. The number of nitrogens with zero attached hydrogens (tertiary/aromatic N) is 2. The smallest absolute Gasteiger partial charge is 0.252 e. The molecule has 0 aliphatic carbocycles. The molecule has 0 aliphatic rings. The van der Waals surface area contributed by atoms with Gasteiger partial charge in [0.15, 0.2) is 0 Å². The molecule has 1 amide bonds. The average molecular weight is 373 g/mol. The molecule has 0 radical (unpaired) electrons. The first-order valence-corrected chi connectivity index (χ1v) is 9.64. The van der Waals surface area contributed by atoms with Crippen LogP contribution in [0.15, 0.2) is 77.8 Å². The minimum atomic E-state index is -0.0751. The second kappa shape index (κ2) is 9.56. The molecule has 0 atom stereocenters. The van der Waals surface area contributed by atoms with Crippen LogP contribution in [-0.2, 0) is 12.2 Å². The van der Waals surface area contributed by atoms with E-state index in [-0.39, 0.29) is 5.91 Å². The van der Waals surface area contributed by atoms with E-state index in [1.807, 2.05) is 66.7 Å². The number of nitrogens with one attached hydrogen (secondary N) is 1. The zero-order valence-electron chi connectivity index (χ0n) is 14.8. The fraction of sp³-hybridized carbons (Fsp3) is 0.136. The lowest BCUT2D eigenvalue weighted by Gasteiger charge is -2.10. The van der Waals surface area contributed by atoms with Crippen molar-refractivity contribution in [1.29, 1.82) is 5.26 Å². The molecular formula is C22H19N3OS. The number of hydrogen-bond donors (Lipinski definition) is 1. The van der Waals surface area contributed by atoms with Gasteiger partial charge in [0.2, 0.25) is 0 Å². The van der Waals surface area contributed by atoms with Crippen LogP contribution in [0.1, 0.15) is 27.2 Å². The topological polar surface area (TPSA) is 65.8 Å². The van der Waals surface area contributed by atoms with Crippen LogP contribution in [0.2, 0.25) is 0 Å². The molecule has 5 heteroatoms. The van der Waals surface area contributed by atoms with Crippen LogP contribution in [-0.4, -0.2) is 17.4 Å². The predicted octanol–water partition coefficient (Wildman–Crippen LogP) is 4.22. The summed E-state index contributed by atoms with van der Waals surface area (Å²) in [5.41, 5.74) is 3.40. The third-order valence-electron chi connectivity index (χ3n) is 4.00. The van der Waals surface area contributed by atoms with Crippen LogP contribution in [0.25, 0.3) is 0 Å². The third-order valence-corrected chi connectivity index (χ3v) is 5.15. The Kier molecular flexibility index (Phi) is 6.61. The fourth-order valence-corrected chi connectivity index (χ4v) is 3.57. The summed E-state index contributed by atoms with van der Waals surface area (Å²) in [6, 6.07) is 23.0. The Morgan fingerprint density at radius 3 is 2.56 bits per heavy atom. The first kappa shape index (κ1) is 18.7. The van der Waals surface area contributed by atoms with E-state index in [2.05, 4.69) is 16.4 Å². The van der Waals surface area contributed by atoms with Crippen molar-refractivity contribution in [2.75, 3.05) is 6.54 Å². The molecule has 1 aromatic heterocycles. The highest BCUT2D eigenvalue weighted by atomic mass is 32.2. The van der Waals surface area contributed by atoms with Crippen LogP contribution in [0.5, 0.6) is 0 Å². The van der Waals surface area contributed by atoms with Crippen LogP contribution in [0, 0.1) is 11.3 Å². The molecule has 0 saturated carbocycles. The van der Waals surface area contributed by atoms with Crippen molar-refractivity contribution < 1.29 is 4.79 Å². The molecule has 3 aromatic rings. The maximum atomic E-state index is 12.6. The molecule has 3 rings (SSSR count). The lowest BCUT2D eigenvalue weighted by Crippen LogP contribution is -2.26. The molecule has 134 valence electrons. The van der Waals surface area contributed by atoms with Gasteiger partial charge in [-0.05, 0) is 42.0 Å².